The van der Waals surface area contributed by atoms with Crippen LogP contribution in [-0.4, -0.2) is 27.3 Å². The number of hydrogen-bond acceptors (Lipinski definition) is 3. The van der Waals surface area contributed by atoms with Gasteiger partial charge in [-0.05, 0) is 32.1 Å². The molecule has 1 heterocycles. The van der Waals surface area contributed by atoms with Crippen molar-refractivity contribution >= 4 is 11.8 Å². The molecule has 1 fully saturated rings. The van der Waals surface area contributed by atoms with Gasteiger partial charge in [0.1, 0.15) is 0 Å². The maximum atomic E-state index is 4.35. The molecule has 16 heavy (non-hydrogen) atoms. The van der Waals surface area contributed by atoms with Crippen LogP contribution in [0.2, 0.25) is 0 Å². The van der Waals surface area contributed by atoms with Crippen molar-refractivity contribution in [2.75, 3.05) is 12.8 Å². The number of aromatic nitrogens is 2. The lowest BCUT2D eigenvalue weighted by atomic mass is 9.84. The molecule has 1 aromatic rings. The van der Waals surface area contributed by atoms with Crippen molar-refractivity contribution in [2.45, 2.75) is 37.5 Å². The molecule has 0 saturated heterocycles. The summed E-state index contributed by atoms with van der Waals surface area (Å²) in [5.41, 5.74) is 2.37. The van der Waals surface area contributed by atoms with E-state index in [1.807, 2.05) is 30.4 Å². The lowest BCUT2D eigenvalue weighted by Gasteiger charge is -2.40. The Labute approximate surface area is 102 Å². The van der Waals surface area contributed by atoms with Crippen LogP contribution >= 0.6 is 11.8 Å². The molecule has 90 valence electrons. The highest BCUT2D eigenvalue weighted by atomic mass is 32.2. The molecular weight excluding hydrogens is 218 g/mol. The van der Waals surface area contributed by atoms with E-state index in [2.05, 4.69) is 22.7 Å². The van der Waals surface area contributed by atoms with E-state index in [1.165, 1.54) is 25.0 Å². The summed E-state index contributed by atoms with van der Waals surface area (Å²) >= 11 is 2.02. The van der Waals surface area contributed by atoms with Gasteiger partial charge < -0.3 is 5.32 Å². The Bertz CT molecular complexity index is 350. The number of aryl methyl sites for hydroxylation is 2. The highest BCUT2D eigenvalue weighted by molar-refractivity contribution is 8.00. The molecule has 0 radical (unpaired) electrons. The number of nitrogens with one attached hydrogen (secondary N) is 1. The van der Waals surface area contributed by atoms with E-state index in [9.17, 15) is 0 Å². The highest BCUT2D eigenvalue weighted by Crippen LogP contribution is 2.42. The van der Waals surface area contributed by atoms with Crippen molar-refractivity contribution in [3.8, 4) is 0 Å². The van der Waals surface area contributed by atoms with Gasteiger partial charge in [-0.3, -0.25) is 4.68 Å². The Balaban J connectivity index is 1.81. The Morgan fingerprint density at radius 2 is 2.31 bits per heavy atom. The summed E-state index contributed by atoms with van der Waals surface area (Å²) in [7, 11) is 2.01. The predicted octanol–water partition coefficient (Wildman–Crippen LogP) is 2.10. The van der Waals surface area contributed by atoms with Crippen molar-refractivity contribution in [1.82, 2.24) is 15.1 Å². The largest absolute Gasteiger partial charge is 0.310 e. The van der Waals surface area contributed by atoms with Gasteiger partial charge in [0.2, 0.25) is 0 Å². The monoisotopic (exact) mass is 239 g/mol. The van der Waals surface area contributed by atoms with E-state index < -0.39 is 0 Å². The van der Waals surface area contributed by atoms with Gasteiger partial charge in [-0.2, -0.15) is 16.9 Å². The lowest BCUT2D eigenvalue weighted by molar-refractivity contribution is 0.344. The molecule has 1 aromatic heterocycles. The van der Waals surface area contributed by atoms with Gasteiger partial charge in [-0.1, -0.05) is 6.42 Å². The Kier molecular flexibility index (Phi) is 3.60. The van der Waals surface area contributed by atoms with Crippen molar-refractivity contribution < 1.29 is 0 Å². The SMILES string of the molecule is CSC1(CNCc2cc(C)nn2C)CCC1. The van der Waals surface area contributed by atoms with Crippen LogP contribution in [0.5, 0.6) is 0 Å². The molecule has 4 heteroatoms. The van der Waals surface area contributed by atoms with Crippen LogP contribution in [0.15, 0.2) is 6.07 Å². The summed E-state index contributed by atoms with van der Waals surface area (Å²) in [6.07, 6.45) is 6.36. The highest BCUT2D eigenvalue weighted by Gasteiger charge is 2.35. The fraction of sp³-hybridized carbons (Fsp3) is 0.750. The fourth-order valence-corrected chi connectivity index (χ4v) is 3.22. The maximum Gasteiger partial charge on any atom is 0.0597 e. The second-order valence-corrected chi connectivity index (χ2v) is 6.02. The van der Waals surface area contributed by atoms with E-state index >= 15 is 0 Å². The lowest BCUT2D eigenvalue weighted by Crippen LogP contribution is -2.43. The molecule has 1 saturated carbocycles. The zero-order valence-corrected chi connectivity index (χ0v) is 11.2. The summed E-state index contributed by atoms with van der Waals surface area (Å²) in [4.78, 5) is 0. The first-order valence-corrected chi connectivity index (χ1v) is 7.13. The Morgan fingerprint density at radius 1 is 1.56 bits per heavy atom. The van der Waals surface area contributed by atoms with E-state index in [-0.39, 0.29) is 0 Å². The van der Waals surface area contributed by atoms with Crippen LogP contribution < -0.4 is 5.32 Å². The summed E-state index contributed by atoms with van der Waals surface area (Å²) in [6, 6.07) is 2.15. The molecule has 0 amide bonds. The summed E-state index contributed by atoms with van der Waals surface area (Å²) < 4.78 is 2.49. The van der Waals surface area contributed by atoms with Crippen molar-refractivity contribution in [3.63, 3.8) is 0 Å². The van der Waals surface area contributed by atoms with Crippen LogP contribution in [0.1, 0.15) is 30.7 Å². The summed E-state index contributed by atoms with van der Waals surface area (Å²) in [6.45, 7) is 4.09. The molecule has 0 aliphatic heterocycles. The third-order valence-electron chi connectivity index (χ3n) is 3.55. The molecule has 1 N–H and O–H groups in total. The van der Waals surface area contributed by atoms with Crippen molar-refractivity contribution in [1.29, 1.82) is 0 Å². The number of hydrogen-bond donors (Lipinski definition) is 1. The van der Waals surface area contributed by atoms with Gasteiger partial charge in [0, 0.05) is 24.9 Å². The fourth-order valence-electron chi connectivity index (χ4n) is 2.27. The quantitative estimate of drug-likeness (QED) is 0.853. The Morgan fingerprint density at radius 3 is 2.75 bits per heavy atom. The smallest absolute Gasteiger partial charge is 0.0597 e. The predicted molar refractivity (Wildman–Crippen MR) is 69.7 cm³/mol. The third-order valence-corrected chi connectivity index (χ3v) is 4.97. The van der Waals surface area contributed by atoms with Gasteiger partial charge in [0.15, 0.2) is 0 Å². The van der Waals surface area contributed by atoms with Gasteiger partial charge in [-0.15, -0.1) is 0 Å². The van der Waals surface area contributed by atoms with E-state index in [0.717, 1.165) is 18.8 Å². The van der Waals surface area contributed by atoms with E-state index in [4.69, 9.17) is 0 Å². The first-order chi connectivity index (χ1) is 7.65. The number of thioether (sulfide) groups is 1. The number of nitrogens with zero attached hydrogens (tertiary/aromatic N) is 2. The summed E-state index contributed by atoms with van der Waals surface area (Å²) in [5.74, 6) is 0. The molecule has 0 spiro atoms. The van der Waals surface area contributed by atoms with E-state index in [0.29, 0.717) is 4.75 Å². The standard InChI is InChI=1S/C12H21N3S/c1-10-7-11(15(2)14-10)8-13-9-12(16-3)5-4-6-12/h7,13H,4-6,8-9H2,1-3H3. The van der Waals surface area contributed by atoms with Crippen LogP contribution in [0.25, 0.3) is 0 Å². The molecule has 1 aliphatic carbocycles. The third kappa shape index (κ3) is 2.43. The van der Waals surface area contributed by atoms with Gasteiger partial charge >= 0.3 is 0 Å². The van der Waals surface area contributed by atoms with Crippen LogP contribution in [-0.2, 0) is 13.6 Å². The van der Waals surface area contributed by atoms with Crippen molar-refractivity contribution in [3.05, 3.63) is 17.5 Å². The molecule has 0 bridgehead atoms. The molecule has 0 unspecified atom stereocenters. The first-order valence-electron chi connectivity index (χ1n) is 5.91. The van der Waals surface area contributed by atoms with Crippen molar-refractivity contribution in [2.24, 2.45) is 7.05 Å². The topological polar surface area (TPSA) is 29.9 Å². The second kappa shape index (κ2) is 4.80. The minimum Gasteiger partial charge on any atom is -0.310 e. The molecule has 0 atom stereocenters. The van der Waals surface area contributed by atoms with Gasteiger partial charge in [0.05, 0.1) is 11.4 Å². The minimum absolute atomic E-state index is 0.521. The van der Waals surface area contributed by atoms with E-state index in [1.54, 1.807) is 0 Å². The molecule has 3 nitrogen and oxygen atoms in total. The Hall–Kier alpha value is -0.480. The molecule has 0 aromatic carbocycles. The summed E-state index contributed by atoms with van der Waals surface area (Å²) in [5, 5.41) is 7.92. The van der Waals surface area contributed by atoms with Gasteiger partial charge in [0.25, 0.3) is 0 Å². The van der Waals surface area contributed by atoms with Crippen LogP contribution in [0, 0.1) is 6.92 Å². The average molecular weight is 239 g/mol. The molecular formula is C12H21N3S. The average Bonchev–Trinajstić information content (AvgIpc) is 2.50. The first kappa shape index (κ1) is 12.0. The van der Waals surface area contributed by atoms with Crippen LogP contribution in [0.3, 0.4) is 0 Å². The maximum absolute atomic E-state index is 4.35. The zero-order valence-electron chi connectivity index (χ0n) is 10.4. The molecule has 1 aliphatic rings. The minimum atomic E-state index is 0.521. The normalized spacial score (nSPS) is 18.4. The number of rotatable bonds is 5. The van der Waals surface area contributed by atoms with Gasteiger partial charge in [-0.25, -0.2) is 0 Å². The molecule has 2 rings (SSSR count). The second-order valence-electron chi connectivity index (χ2n) is 4.74. The van der Waals surface area contributed by atoms with Crippen LogP contribution in [0.4, 0.5) is 0 Å². The zero-order chi connectivity index (χ0) is 11.6.